The van der Waals surface area contributed by atoms with Crippen molar-refractivity contribution in [3.05, 3.63) is 54.2 Å². The van der Waals surface area contributed by atoms with Crippen LogP contribution in [-0.2, 0) is 15.4 Å². The van der Waals surface area contributed by atoms with Crippen LogP contribution in [0.2, 0.25) is 0 Å². The van der Waals surface area contributed by atoms with Crippen molar-refractivity contribution in [1.29, 1.82) is 0 Å². The minimum absolute atomic E-state index is 0.160. The van der Waals surface area contributed by atoms with Gasteiger partial charge in [-0.1, -0.05) is 36.8 Å². The first-order valence-electron chi connectivity index (χ1n) is 9.94. The Bertz CT molecular complexity index is 888. The van der Waals surface area contributed by atoms with Crippen LogP contribution in [0.15, 0.2) is 53.6 Å². The number of rotatable bonds is 6. The summed E-state index contributed by atoms with van der Waals surface area (Å²) in [5.41, 5.74) is 1.52. The Balaban J connectivity index is 1.42. The fraction of sp³-hybridized carbons (Fsp3) is 0.476. The minimum atomic E-state index is -3.47. The average molecular weight is 401 g/mol. The van der Waals surface area contributed by atoms with Crippen molar-refractivity contribution in [1.82, 2.24) is 14.2 Å². The van der Waals surface area contributed by atoms with Crippen LogP contribution >= 0.6 is 0 Å². The molecule has 1 aromatic heterocycles. The normalized spacial score (nSPS) is 20.5. The Morgan fingerprint density at radius 3 is 2.32 bits per heavy atom. The lowest BCUT2D eigenvalue weighted by molar-refractivity contribution is 0.222. The van der Waals surface area contributed by atoms with Crippen molar-refractivity contribution in [3.63, 3.8) is 0 Å². The second-order valence-electron chi connectivity index (χ2n) is 7.94. The van der Waals surface area contributed by atoms with E-state index in [4.69, 9.17) is 0 Å². The highest BCUT2D eigenvalue weighted by Crippen LogP contribution is 2.43. The van der Waals surface area contributed by atoms with E-state index in [0.29, 0.717) is 13.1 Å². The van der Waals surface area contributed by atoms with Gasteiger partial charge in [0.1, 0.15) is 10.7 Å². The molecule has 0 amide bonds. The third-order valence-corrected chi connectivity index (χ3v) is 8.02. The van der Waals surface area contributed by atoms with Gasteiger partial charge < -0.3 is 10.2 Å². The summed E-state index contributed by atoms with van der Waals surface area (Å²) in [6.07, 6.45) is 5.05. The largest absolute Gasteiger partial charge is 0.369 e. The topological polar surface area (TPSA) is 65.5 Å². The molecule has 7 heteroatoms. The van der Waals surface area contributed by atoms with Gasteiger partial charge in [0.15, 0.2) is 0 Å². The highest BCUT2D eigenvalue weighted by atomic mass is 32.2. The number of benzene rings is 1. The smallest absolute Gasteiger partial charge is 0.244 e. The summed E-state index contributed by atoms with van der Waals surface area (Å²) in [6, 6.07) is 14.1. The Hall–Kier alpha value is -1.96. The lowest BCUT2D eigenvalue weighted by atomic mass is 9.64. The standard InChI is InChI=1S/C21H28N4O2S/c1-24-12-14-25(15-13-24)28(26,27)19-8-9-20(22-16-19)23-17-21(10-5-11-21)18-6-3-2-4-7-18/h2-4,6-9,16H,5,10-15,17H2,1H3,(H,22,23). The zero-order chi connectivity index (χ0) is 19.6. The molecule has 2 heterocycles. The average Bonchev–Trinajstić information content (AvgIpc) is 2.69. The zero-order valence-corrected chi connectivity index (χ0v) is 17.2. The Labute approximate surface area is 167 Å². The van der Waals surface area contributed by atoms with E-state index in [1.165, 1.54) is 31.0 Å². The van der Waals surface area contributed by atoms with Crippen LogP contribution in [0.1, 0.15) is 24.8 Å². The lowest BCUT2D eigenvalue weighted by Gasteiger charge is -2.42. The van der Waals surface area contributed by atoms with Crippen LogP contribution in [0, 0.1) is 0 Å². The maximum Gasteiger partial charge on any atom is 0.244 e. The van der Waals surface area contributed by atoms with Gasteiger partial charge in [-0.2, -0.15) is 4.31 Å². The molecular formula is C21H28N4O2S. The SMILES string of the molecule is CN1CCN(S(=O)(=O)c2ccc(NCC3(c4ccccc4)CCC3)nc2)CC1. The third-order valence-electron chi connectivity index (χ3n) is 6.14. The van der Waals surface area contributed by atoms with Crippen molar-refractivity contribution < 1.29 is 8.42 Å². The summed E-state index contributed by atoms with van der Waals surface area (Å²) < 4.78 is 27.2. The predicted molar refractivity (Wildman–Crippen MR) is 111 cm³/mol. The van der Waals surface area contributed by atoms with Gasteiger partial charge in [0.25, 0.3) is 0 Å². The second kappa shape index (κ2) is 7.81. The van der Waals surface area contributed by atoms with Gasteiger partial charge in [-0.15, -0.1) is 0 Å². The zero-order valence-electron chi connectivity index (χ0n) is 16.3. The molecule has 1 saturated heterocycles. The Morgan fingerprint density at radius 1 is 1.04 bits per heavy atom. The van der Waals surface area contributed by atoms with Gasteiger partial charge in [0.2, 0.25) is 10.0 Å². The number of hydrogen-bond donors (Lipinski definition) is 1. The van der Waals surface area contributed by atoms with Crippen molar-refractivity contribution in [2.45, 2.75) is 29.6 Å². The van der Waals surface area contributed by atoms with Crippen LogP contribution in [0.3, 0.4) is 0 Å². The number of nitrogens with zero attached hydrogens (tertiary/aromatic N) is 3. The summed E-state index contributed by atoms with van der Waals surface area (Å²) in [5.74, 6) is 0.722. The Morgan fingerprint density at radius 2 is 1.75 bits per heavy atom. The molecule has 2 aliphatic rings. The molecule has 0 spiro atoms. The molecule has 2 aromatic rings. The molecule has 1 aliphatic carbocycles. The van der Waals surface area contributed by atoms with E-state index < -0.39 is 10.0 Å². The number of hydrogen-bond acceptors (Lipinski definition) is 5. The van der Waals surface area contributed by atoms with Gasteiger partial charge in [0.05, 0.1) is 0 Å². The summed E-state index contributed by atoms with van der Waals surface area (Å²) in [6.45, 7) is 3.38. The second-order valence-corrected chi connectivity index (χ2v) is 9.88. The molecule has 6 nitrogen and oxygen atoms in total. The van der Waals surface area contributed by atoms with Crippen molar-refractivity contribution >= 4 is 15.8 Å². The number of anilines is 1. The van der Waals surface area contributed by atoms with Crippen molar-refractivity contribution in [2.24, 2.45) is 0 Å². The molecule has 1 N–H and O–H groups in total. The molecule has 1 aliphatic heterocycles. The van der Waals surface area contributed by atoms with Crippen LogP contribution in [0.5, 0.6) is 0 Å². The number of sulfonamides is 1. The maximum atomic E-state index is 12.8. The fourth-order valence-electron chi connectivity index (χ4n) is 4.04. The first-order chi connectivity index (χ1) is 13.5. The van der Waals surface area contributed by atoms with Crippen LogP contribution in [-0.4, -0.2) is 62.4 Å². The number of piperazine rings is 1. The molecule has 4 rings (SSSR count). The van der Waals surface area contributed by atoms with Crippen LogP contribution < -0.4 is 5.32 Å². The summed E-state index contributed by atoms with van der Waals surface area (Å²) in [5, 5.41) is 3.42. The van der Waals surface area contributed by atoms with Gasteiger partial charge in [-0.3, -0.25) is 0 Å². The molecule has 28 heavy (non-hydrogen) atoms. The molecule has 1 saturated carbocycles. The number of pyridine rings is 1. The highest BCUT2D eigenvalue weighted by Gasteiger charge is 2.38. The summed E-state index contributed by atoms with van der Waals surface area (Å²) >= 11 is 0. The van der Waals surface area contributed by atoms with Gasteiger partial charge in [0, 0.05) is 44.3 Å². The van der Waals surface area contributed by atoms with E-state index in [9.17, 15) is 8.42 Å². The number of nitrogens with one attached hydrogen (secondary N) is 1. The van der Waals surface area contributed by atoms with E-state index in [2.05, 4.69) is 39.5 Å². The molecular weight excluding hydrogens is 372 g/mol. The molecule has 0 atom stereocenters. The van der Waals surface area contributed by atoms with Crippen molar-refractivity contribution in [3.8, 4) is 0 Å². The predicted octanol–water partition coefficient (Wildman–Crippen LogP) is 2.55. The molecule has 0 bridgehead atoms. The minimum Gasteiger partial charge on any atom is -0.369 e. The van der Waals surface area contributed by atoms with Crippen LogP contribution in [0.25, 0.3) is 0 Å². The third kappa shape index (κ3) is 3.79. The maximum absolute atomic E-state index is 12.8. The van der Waals surface area contributed by atoms with Crippen LogP contribution in [0.4, 0.5) is 5.82 Å². The van der Waals surface area contributed by atoms with Crippen molar-refractivity contribution in [2.75, 3.05) is 45.1 Å². The number of aromatic nitrogens is 1. The van der Waals surface area contributed by atoms with Gasteiger partial charge in [-0.25, -0.2) is 13.4 Å². The molecule has 2 fully saturated rings. The Kier molecular flexibility index (Phi) is 5.40. The fourth-order valence-corrected chi connectivity index (χ4v) is 5.41. The van der Waals surface area contributed by atoms with E-state index in [1.54, 1.807) is 16.4 Å². The summed E-state index contributed by atoms with van der Waals surface area (Å²) in [4.78, 5) is 6.79. The van der Waals surface area contributed by atoms with E-state index in [0.717, 1.165) is 25.5 Å². The molecule has 0 unspecified atom stereocenters. The molecule has 0 radical (unpaired) electrons. The lowest BCUT2D eigenvalue weighted by Crippen LogP contribution is -2.47. The highest BCUT2D eigenvalue weighted by molar-refractivity contribution is 7.89. The van der Waals surface area contributed by atoms with Gasteiger partial charge >= 0.3 is 0 Å². The van der Waals surface area contributed by atoms with E-state index in [1.807, 2.05) is 13.1 Å². The van der Waals surface area contributed by atoms with Gasteiger partial charge in [-0.05, 0) is 37.6 Å². The van der Waals surface area contributed by atoms with E-state index in [-0.39, 0.29) is 10.3 Å². The molecule has 150 valence electrons. The first-order valence-corrected chi connectivity index (χ1v) is 11.4. The monoisotopic (exact) mass is 400 g/mol. The summed E-state index contributed by atoms with van der Waals surface area (Å²) in [7, 11) is -1.46. The quantitative estimate of drug-likeness (QED) is 0.807. The first kappa shape index (κ1) is 19.4. The molecule has 1 aromatic carbocycles. The number of likely N-dealkylation sites (N-methyl/N-ethyl adjacent to an activating group) is 1. The van der Waals surface area contributed by atoms with E-state index >= 15 is 0 Å².